The minimum absolute atomic E-state index is 0.143. The summed E-state index contributed by atoms with van der Waals surface area (Å²) in [6.45, 7) is 0. The fourth-order valence-corrected chi connectivity index (χ4v) is 3.51. The molecule has 1 heterocycles. The van der Waals surface area contributed by atoms with E-state index in [9.17, 15) is 9.59 Å². The van der Waals surface area contributed by atoms with Gasteiger partial charge in [-0.05, 0) is 38.2 Å². The number of thiophene rings is 1. The second-order valence-electron chi connectivity index (χ2n) is 4.61. The summed E-state index contributed by atoms with van der Waals surface area (Å²) in [6, 6.07) is 2.06. The molecule has 0 radical (unpaired) electrons. The molecule has 4 heteroatoms. The first-order valence-corrected chi connectivity index (χ1v) is 7.24. The first-order chi connectivity index (χ1) is 8.70. The molecule has 0 aliphatic heterocycles. The van der Waals surface area contributed by atoms with Crippen LogP contribution < -0.4 is 0 Å². The Labute approximate surface area is 111 Å². The largest absolute Gasteiger partial charge is 0.469 e. The molecule has 1 aliphatic rings. The van der Waals surface area contributed by atoms with E-state index in [0.717, 1.165) is 37.7 Å². The van der Waals surface area contributed by atoms with Gasteiger partial charge in [-0.3, -0.25) is 9.59 Å². The van der Waals surface area contributed by atoms with Crippen LogP contribution in [0.5, 0.6) is 0 Å². The molecular formula is C14H18O3S. The van der Waals surface area contributed by atoms with Crippen LogP contribution >= 0.6 is 11.3 Å². The Balaban J connectivity index is 1.83. The van der Waals surface area contributed by atoms with Crippen LogP contribution in [0.15, 0.2) is 6.07 Å². The summed E-state index contributed by atoms with van der Waals surface area (Å²) in [5.41, 5.74) is 0.953. The van der Waals surface area contributed by atoms with E-state index in [0.29, 0.717) is 18.6 Å². The molecule has 1 aromatic heterocycles. The number of ether oxygens (including phenoxy) is 1. The number of rotatable bonds is 5. The predicted molar refractivity (Wildman–Crippen MR) is 71.2 cm³/mol. The standard InChI is InChI=1S/C14H18O3S/c1-17-14(16)8-3-2-5-10-9-11-12(15)6-4-7-13(11)18-10/h9H,2-8H2,1H3. The van der Waals surface area contributed by atoms with Gasteiger partial charge >= 0.3 is 5.97 Å². The van der Waals surface area contributed by atoms with Gasteiger partial charge < -0.3 is 4.74 Å². The van der Waals surface area contributed by atoms with Gasteiger partial charge in [-0.1, -0.05) is 0 Å². The van der Waals surface area contributed by atoms with Crippen LogP contribution in [0, 0.1) is 0 Å². The van der Waals surface area contributed by atoms with Gasteiger partial charge in [0.15, 0.2) is 5.78 Å². The second kappa shape index (κ2) is 6.14. The lowest BCUT2D eigenvalue weighted by molar-refractivity contribution is -0.140. The average molecular weight is 266 g/mol. The number of hydrogen-bond acceptors (Lipinski definition) is 4. The molecule has 0 aromatic carbocycles. The molecule has 0 N–H and O–H groups in total. The summed E-state index contributed by atoms with van der Waals surface area (Å²) in [6.07, 6.45) is 6.02. The van der Waals surface area contributed by atoms with Crippen LogP contribution in [0.2, 0.25) is 0 Å². The van der Waals surface area contributed by atoms with Crippen molar-refractivity contribution in [3.8, 4) is 0 Å². The van der Waals surface area contributed by atoms with Crippen molar-refractivity contribution in [3.05, 3.63) is 21.4 Å². The van der Waals surface area contributed by atoms with Crippen molar-refractivity contribution >= 4 is 23.1 Å². The van der Waals surface area contributed by atoms with E-state index in [2.05, 4.69) is 10.8 Å². The maximum atomic E-state index is 11.7. The lowest BCUT2D eigenvalue weighted by Gasteiger charge is -2.07. The smallest absolute Gasteiger partial charge is 0.305 e. The zero-order valence-corrected chi connectivity index (χ0v) is 11.5. The third kappa shape index (κ3) is 3.19. The molecule has 1 aromatic rings. The maximum absolute atomic E-state index is 11.7. The van der Waals surface area contributed by atoms with E-state index in [4.69, 9.17) is 0 Å². The Kier molecular flexibility index (Phi) is 4.53. The molecule has 0 saturated heterocycles. The molecule has 1 aliphatic carbocycles. The third-order valence-electron chi connectivity index (χ3n) is 3.25. The van der Waals surface area contributed by atoms with Gasteiger partial charge in [0.1, 0.15) is 0 Å². The molecule has 0 fully saturated rings. The van der Waals surface area contributed by atoms with Gasteiger partial charge in [0, 0.05) is 28.2 Å². The molecule has 0 saturated carbocycles. The molecule has 0 bridgehead atoms. The van der Waals surface area contributed by atoms with Crippen molar-refractivity contribution in [3.63, 3.8) is 0 Å². The fraction of sp³-hybridized carbons (Fsp3) is 0.571. The van der Waals surface area contributed by atoms with Gasteiger partial charge in [-0.2, -0.15) is 0 Å². The summed E-state index contributed by atoms with van der Waals surface area (Å²) in [5, 5.41) is 0. The topological polar surface area (TPSA) is 43.4 Å². The van der Waals surface area contributed by atoms with Crippen molar-refractivity contribution in [1.82, 2.24) is 0 Å². The normalized spacial score (nSPS) is 14.4. The maximum Gasteiger partial charge on any atom is 0.305 e. The molecule has 0 atom stereocenters. The van der Waals surface area contributed by atoms with E-state index in [1.165, 1.54) is 16.9 Å². The lowest BCUT2D eigenvalue weighted by Crippen LogP contribution is -2.06. The van der Waals surface area contributed by atoms with E-state index in [-0.39, 0.29) is 5.97 Å². The number of esters is 1. The Hall–Kier alpha value is -1.16. The average Bonchev–Trinajstić information content (AvgIpc) is 2.79. The molecule has 3 nitrogen and oxygen atoms in total. The lowest BCUT2D eigenvalue weighted by atomic mass is 9.97. The van der Waals surface area contributed by atoms with Crippen molar-refractivity contribution in [2.24, 2.45) is 0 Å². The number of carbonyl (C=O) groups excluding carboxylic acids is 2. The van der Waals surface area contributed by atoms with Crippen LogP contribution in [0.3, 0.4) is 0 Å². The highest BCUT2D eigenvalue weighted by Crippen LogP contribution is 2.30. The quantitative estimate of drug-likeness (QED) is 0.607. The van der Waals surface area contributed by atoms with Gasteiger partial charge in [0.05, 0.1) is 7.11 Å². The molecular weight excluding hydrogens is 248 g/mol. The van der Waals surface area contributed by atoms with Gasteiger partial charge in [-0.25, -0.2) is 0 Å². The molecule has 98 valence electrons. The van der Waals surface area contributed by atoms with Crippen molar-refractivity contribution in [2.75, 3.05) is 7.11 Å². The number of methoxy groups -OCH3 is 1. The molecule has 0 spiro atoms. The minimum atomic E-state index is -0.143. The second-order valence-corrected chi connectivity index (χ2v) is 5.83. The van der Waals surface area contributed by atoms with Gasteiger partial charge in [0.2, 0.25) is 0 Å². The summed E-state index contributed by atoms with van der Waals surface area (Å²) in [4.78, 5) is 25.2. The first-order valence-electron chi connectivity index (χ1n) is 6.42. The van der Waals surface area contributed by atoms with Crippen LogP contribution in [0.1, 0.15) is 52.2 Å². The predicted octanol–water partition coefficient (Wildman–Crippen LogP) is 3.15. The fourth-order valence-electron chi connectivity index (χ4n) is 2.24. The number of carbonyl (C=O) groups is 2. The van der Waals surface area contributed by atoms with Crippen molar-refractivity contribution in [2.45, 2.75) is 44.9 Å². The zero-order chi connectivity index (χ0) is 13.0. The summed E-state index contributed by atoms with van der Waals surface area (Å²) in [5.74, 6) is 0.156. The Morgan fingerprint density at radius 1 is 1.39 bits per heavy atom. The summed E-state index contributed by atoms with van der Waals surface area (Å²) in [7, 11) is 1.42. The number of Topliss-reactive ketones (excluding diaryl/α,β-unsaturated/α-hetero) is 1. The molecule has 0 amide bonds. The van der Waals surface area contributed by atoms with Crippen LogP contribution in [-0.2, 0) is 22.4 Å². The number of aryl methyl sites for hydroxylation is 2. The van der Waals surface area contributed by atoms with E-state index < -0.39 is 0 Å². The van der Waals surface area contributed by atoms with E-state index >= 15 is 0 Å². The molecule has 0 unspecified atom stereocenters. The highest BCUT2D eigenvalue weighted by molar-refractivity contribution is 7.12. The van der Waals surface area contributed by atoms with Crippen LogP contribution in [-0.4, -0.2) is 18.9 Å². The molecule has 18 heavy (non-hydrogen) atoms. The van der Waals surface area contributed by atoms with Crippen LogP contribution in [0.25, 0.3) is 0 Å². The van der Waals surface area contributed by atoms with Crippen molar-refractivity contribution in [1.29, 1.82) is 0 Å². The summed E-state index contributed by atoms with van der Waals surface area (Å²) < 4.78 is 4.60. The number of unbranched alkanes of at least 4 members (excludes halogenated alkanes) is 1. The Bertz CT molecular complexity index is 448. The summed E-state index contributed by atoms with van der Waals surface area (Å²) >= 11 is 1.77. The Morgan fingerprint density at radius 3 is 2.94 bits per heavy atom. The Morgan fingerprint density at radius 2 is 2.22 bits per heavy atom. The monoisotopic (exact) mass is 266 g/mol. The third-order valence-corrected chi connectivity index (χ3v) is 4.50. The van der Waals surface area contributed by atoms with Gasteiger partial charge in [0.25, 0.3) is 0 Å². The van der Waals surface area contributed by atoms with Crippen LogP contribution in [0.4, 0.5) is 0 Å². The van der Waals surface area contributed by atoms with Crippen molar-refractivity contribution < 1.29 is 14.3 Å². The van der Waals surface area contributed by atoms with E-state index in [1.807, 2.05) is 0 Å². The highest BCUT2D eigenvalue weighted by atomic mass is 32.1. The highest BCUT2D eigenvalue weighted by Gasteiger charge is 2.19. The van der Waals surface area contributed by atoms with E-state index in [1.54, 1.807) is 11.3 Å². The molecule has 2 rings (SSSR count). The first kappa shape index (κ1) is 13.3. The minimum Gasteiger partial charge on any atom is -0.469 e. The SMILES string of the molecule is COC(=O)CCCCc1cc2c(s1)CCCC2=O. The number of hydrogen-bond donors (Lipinski definition) is 0. The van der Waals surface area contributed by atoms with Gasteiger partial charge in [-0.15, -0.1) is 11.3 Å². The number of ketones is 1. The number of fused-ring (bicyclic) bond motifs is 1. The zero-order valence-electron chi connectivity index (χ0n) is 10.7.